The van der Waals surface area contributed by atoms with E-state index in [1.54, 1.807) is 20.1 Å². The molecule has 1 atom stereocenters. The van der Waals surface area contributed by atoms with Gasteiger partial charge in [0.05, 0.1) is 12.7 Å². The van der Waals surface area contributed by atoms with E-state index >= 15 is 0 Å². The SMILES string of the molecule is C=C(c1cc(C)cc(C(F)(F)F)c1)N1CCCC[C@H]1Cc1cccc(OC)c1. The lowest BCUT2D eigenvalue weighted by Crippen LogP contribution is -2.39. The summed E-state index contributed by atoms with van der Waals surface area (Å²) in [5.41, 5.74) is 2.34. The van der Waals surface area contributed by atoms with Gasteiger partial charge in [0.2, 0.25) is 0 Å². The molecule has 1 fully saturated rings. The first-order valence-electron chi connectivity index (χ1n) is 9.55. The van der Waals surface area contributed by atoms with Crippen molar-refractivity contribution in [1.82, 2.24) is 4.90 Å². The lowest BCUT2D eigenvalue weighted by molar-refractivity contribution is -0.137. The lowest BCUT2D eigenvalue weighted by atomic mass is 9.93. The second-order valence-corrected chi connectivity index (χ2v) is 7.43. The highest BCUT2D eigenvalue weighted by Gasteiger charge is 2.32. The summed E-state index contributed by atoms with van der Waals surface area (Å²) in [4.78, 5) is 2.18. The summed E-state index contributed by atoms with van der Waals surface area (Å²) in [5, 5.41) is 0. The minimum Gasteiger partial charge on any atom is -0.497 e. The number of aryl methyl sites for hydroxylation is 1. The Morgan fingerprint density at radius 1 is 1.18 bits per heavy atom. The highest BCUT2D eigenvalue weighted by Crippen LogP contribution is 2.34. The van der Waals surface area contributed by atoms with Crippen LogP contribution in [-0.2, 0) is 12.6 Å². The number of alkyl halides is 3. The van der Waals surface area contributed by atoms with Crippen molar-refractivity contribution in [2.24, 2.45) is 0 Å². The van der Waals surface area contributed by atoms with E-state index in [1.807, 2.05) is 18.2 Å². The molecular formula is C23H26F3NO. The third-order valence-electron chi connectivity index (χ3n) is 5.32. The van der Waals surface area contributed by atoms with Gasteiger partial charge in [0.1, 0.15) is 5.75 Å². The van der Waals surface area contributed by atoms with Crippen LogP contribution in [0.1, 0.15) is 41.5 Å². The minimum atomic E-state index is -4.36. The number of ether oxygens (including phenoxy) is 1. The van der Waals surface area contributed by atoms with Crippen LogP contribution >= 0.6 is 0 Å². The molecule has 150 valence electrons. The standard InChI is InChI=1S/C23H26F3NO/c1-16-11-19(15-20(12-16)23(24,25)26)17(2)27-10-5-4-8-21(27)13-18-7-6-9-22(14-18)28-3/h6-7,9,11-12,14-15,21H,2,4-5,8,10,13H2,1,3H3/t21-/m0/s1. The quantitative estimate of drug-likeness (QED) is 0.613. The van der Waals surface area contributed by atoms with Crippen LogP contribution in [0.2, 0.25) is 0 Å². The topological polar surface area (TPSA) is 12.5 Å². The molecule has 0 aliphatic carbocycles. The van der Waals surface area contributed by atoms with Gasteiger partial charge in [-0.25, -0.2) is 0 Å². The molecule has 0 saturated carbocycles. The molecule has 0 amide bonds. The van der Waals surface area contributed by atoms with Crippen LogP contribution in [-0.4, -0.2) is 24.6 Å². The predicted molar refractivity (Wildman–Crippen MR) is 106 cm³/mol. The van der Waals surface area contributed by atoms with Crippen molar-refractivity contribution in [2.45, 2.75) is 44.8 Å². The Morgan fingerprint density at radius 3 is 2.68 bits per heavy atom. The van der Waals surface area contributed by atoms with Crippen LogP contribution in [0.4, 0.5) is 13.2 Å². The minimum absolute atomic E-state index is 0.211. The number of nitrogens with zero attached hydrogens (tertiary/aromatic N) is 1. The van der Waals surface area contributed by atoms with Crippen LogP contribution in [0, 0.1) is 6.92 Å². The van der Waals surface area contributed by atoms with Gasteiger partial charge in [-0.15, -0.1) is 0 Å². The number of piperidine rings is 1. The molecule has 1 saturated heterocycles. The summed E-state index contributed by atoms with van der Waals surface area (Å²) >= 11 is 0. The van der Waals surface area contributed by atoms with Gasteiger partial charge in [0.15, 0.2) is 0 Å². The van der Waals surface area contributed by atoms with E-state index in [2.05, 4.69) is 17.5 Å². The maximum atomic E-state index is 13.2. The molecule has 1 aliphatic heterocycles. The van der Waals surface area contributed by atoms with Crippen molar-refractivity contribution in [3.05, 3.63) is 71.3 Å². The molecule has 0 radical (unpaired) electrons. The largest absolute Gasteiger partial charge is 0.497 e. The molecule has 0 spiro atoms. The molecule has 2 nitrogen and oxygen atoms in total. The van der Waals surface area contributed by atoms with E-state index < -0.39 is 11.7 Å². The fraction of sp³-hybridized carbons (Fsp3) is 0.391. The zero-order chi connectivity index (χ0) is 20.3. The van der Waals surface area contributed by atoms with Crippen molar-refractivity contribution < 1.29 is 17.9 Å². The number of halogens is 3. The van der Waals surface area contributed by atoms with Crippen LogP contribution < -0.4 is 4.74 Å². The molecule has 0 bridgehead atoms. The van der Waals surface area contributed by atoms with Crippen LogP contribution in [0.5, 0.6) is 5.75 Å². The molecule has 3 rings (SSSR count). The lowest BCUT2D eigenvalue weighted by Gasteiger charge is -2.39. The van der Waals surface area contributed by atoms with Gasteiger partial charge >= 0.3 is 6.18 Å². The first kappa shape index (κ1) is 20.3. The fourth-order valence-corrected chi connectivity index (χ4v) is 3.92. The number of benzene rings is 2. The summed E-state index contributed by atoms with van der Waals surface area (Å²) in [5.74, 6) is 0.812. The molecule has 0 unspecified atom stereocenters. The molecular weight excluding hydrogens is 363 g/mol. The first-order valence-corrected chi connectivity index (χ1v) is 9.55. The Hall–Kier alpha value is -2.43. The van der Waals surface area contributed by atoms with Crippen molar-refractivity contribution in [1.29, 1.82) is 0 Å². The van der Waals surface area contributed by atoms with Gasteiger partial charge < -0.3 is 9.64 Å². The van der Waals surface area contributed by atoms with E-state index in [0.717, 1.165) is 43.5 Å². The summed E-state index contributed by atoms with van der Waals surface area (Å²) < 4.78 is 45.0. The highest BCUT2D eigenvalue weighted by atomic mass is 19.4. The summed E-state index contributed by atoms with van der Waals surface area (Å²) in [6.07, 6.45) is -0.420. The maximum absolute atomic E-state index is 13.2. The van der Waals surface area contributed by atoms with Crippen LogP contribution in [0.25, 0.3) is 5.70 Å². The summed E-state index contributed by atoms with van der Waals surface area (Å²) in [6, 6.07) is 12.3. The molecule has 2 aromatic carbocycles. The second-order valence-electron chi connectivity index (χ2n) is 7.43. The van der Waals surface area contributed by atoms with Crippen LogP contribution in [0.15, 0.2) is 49.0 Å². The van der Waals surface area contributed by atoms with E-state index in [4.69, 9.17) is 4.74 Å². The smallest absolute Gasteiger partial charge is 0.416 e. The number of hydrogen-bond acceptors (Lipinski definition) is 2. The summed E-state index contributed by atoms with van der Waals surface area (Å²) in [6.45, 7) is 6.67. The van der Waals surface area contributed by atoms with Gasteiger partial charge in [0.25, 0.3) is 0 Å². The van der Waals surface area contributed by atoms with Gasteiger partial charge in [0, 0.05) is 18.3 Å². The number of likely N-dealkylation sites (tertiary alicyclic amines) is 1. The maximum Gasteiger partial charge on any atom is 0.416 e. The highest BCUT2D eigenvalue weighted by molar-refractivity contribution is 5.64. The zero-order valence-corrected chi connectivity index (χ0v) is 16.4. The summed E-state index contributed by atoms with van der Waals surface area (Å²) in [7, 11) is 1.64. The Morgan fingerprint density at radius 2 is 1.96 bits per heavy atom. The van der Waals surface area contributed by atoms with Gasteiger partial charge in [-0.2, -0.15) is 13.2 Å². The first-order chi connectivity index (χ1) is 13.3. The van der Waals surface area contributed by atoms with Crippen molar-refractivity contribution in [3.8, 4) is 5.75 Å². The molecule has 5 heteroatoms. The third-order valence-corrected chi connectivity index (χ3v) is 5.32. The molecule has 1 heterocycles. The van der Waals surface area contributed by atoms with Gasteiger partial charge in [-0.05, 0) is 79.6 Å². The normalized spacial score (nSPS) is 17.5. The van der Waals surface area contributed by atoms with E-state index in [9.17, 15) is 13.2 Å². The molecule has 0 aromatic heterocycles. The van der Waals surface area contributed by atoms with E-state index in [-0.39, 0.29) is 6.04 Å². The number of rotatable bonds is 5. The van der Waals surface area contributed by atoms with E-state index in [0.29, 0.717) is 16.8 Å². The monoisotopic (exact) mass is 389 g/mol. The fourth-order valence-electron chi connectivity index (χ4n) is 3.92. The average molecular weight is 389 g/mol. The molecule has 1 aliphatic rings. The second kappa shape index (κ2) is 8.29. The Balaban J connectivity index is 1.85. The Bertz CT molecular complexity index is 844. The molecule has 0 N–H and O–H groups in total. The molecule has 28 heavy (non-hydrogen) atoms. The number of hydrogen-bond donors (Lipinski definition) is 0. The third kappa shape index (κ3) is 4.70. The Labute approximate surface area is 164 Å². The van der Waals surface area contributed by atoms with Crippen molar-refractivity contribution >= 4 is 5.70 Å². The van der Waals surface area contributed by atoms with Crippen molar-refractivity contribution in [3.63, 3.8) is 0 Å². The van der Waals surface area contributed by atoms with E-state index in [1.165, 1.54) is 12.1 Å². The number of methoxy groups -OCH3 is 1. The Kier molecular flexibility index (Phi) is 6.01. The van der Waals surface area contributed by atoms with Crippen LogP contribution in [0.3, 0.4) is 0 Å². The van der Waals surface area contributed by atoms with Gasteiger partial charge in [-0.1, -0.05) is 18.7 Å². The predicted octanol–water partition coefficient (Wildman–Crippen LogP) is 6.09. The van der Waals surface area contributed by atoms with Gasteiger partial charge in [-0.3, -0.25) is 0 Å². The zero-order valence-electron chi connectivity index (χ0n) is 16.4. The molecule has 2 aromatic rings. The van der Waals surface area contributed by atoms with Crippen molar-refractivity contribution in [2.75, 3.05) is 13.7 Å². The average Bonchev–Trinajstić information content (AvgIpc) is 2.67.